The van der Waals surface area contributed by atoms with Gasteiger partial charge in [-0.05, 0) is 19.1 Å². The monoisotopic (exact) mass is 485 g/mol. The standard InChI is InChI=1S/C27H26NO2.Y/c1-4-29-24-17-11-16-23(18-24)19(2)20(3)27-28-25(21-12-7-5-8-13-21)26(30-27)22-14-9-6-10-15-22;/h5-19H,4H2,1-3H3;/q-1;. The van der Waals surface area contributed by atoms with Crippen molar-refractivity contribution in [2.45, 2.75) is 26.7 Å². The Hall–Kier alpha value is -2.36. The Morgan fingerprint density at radius 2 is 1.55 bits per heavy atom. The molecule has 0 fully saturated rings. The molecular weight excluding hydrogens is 459 g/mol. The van der Waals surface area contributed by atoms with Crippen molar-refractivity contribution in [2.75, 3.05) is 6.61 Å². The van der Waals surface area contributed by atoms with Gasteiger partial charge >= 0.3 is 0 Å². The third-order valence-corrected chi connectivity index (χ3v) is 5.37. The molecule has 0 amide bonds. The van der Waals surface area contributed by atoms with Crippen molar-refractivity contribution in [3.8, 4) is 28.3 Å². The van der Waals surface area contributed by atoms with Crippen molar-refractivity contribution in [3.05, 3.63) is 102 Å². The fourth-order valence-corrected chi connectivity index (χ4v) is 3.54. The molecule has 0 saturated carbocycles. The van der Waals surface area contributed by atoms with E-state index in [-0.39, 0.29) is 38.6 Å². The van der Waals surface area contributed by atoms with E-state index in [9.17, 15) is 0 Å². The molecule has 1 aromatic heterocycles. The van der Waals surface area contributed by atoms with Gasteiger partial charge < -0.3 is 9.15 Å². The van der Waals surface area contributed by atoms with Crippen LogP contribution in [0.15, 0.2) is 89.3 Å². The van der Waals surface area contributed by atoms with Gasteiger partial charge in [0.1, 0.15) is 11.4 Å². The maximum atomic E-state index is 6.36. The Kier molecular flexibility index (Phi) is 8.11. The fourth-order valence-electron chi connectivity index (χ4n) is 3.54. The smallest absolute Gasteiger partial charge is 0.158 e. The third-order valence-electron chi connectivity index (χ3n) is 5.37. The molecule has 0 spiro atoms. The Morgan fingerprint density at radius 3 is 2.19 bits per heavy atom. The van der Waals surface area contributed by atoms with Gasteiger partial charge in [-0.15, -0.1) is 5.92 Å². The average molecular weight is 485 g/mol. The van der Waals surface area contributed by atoms with Crippen molar-refractivity contribution in [1.29, 1.82) is 0 Å². The van der Waals surface area contributed by atoms with Crippen LogP contribution in [0.4, 0.5) is 0 Å². The molecule has 31 heavy (non-hydrogen) atoms. The van der Waals surface area contributed by atoms with E-state index in [0.717, 1.165) is 34.2 Å². The topological polar surface area (TPSA) is 35.3 Å². The Labute approximate surface area is 209 Å². The summed E-state index contributed by atoms with van der Waals surface area (Å²) in [5, 5.41) is 0. The van der Waals surface area contributed by atoms with Crippen molar-refractivity contribution < 1.29 is 41.9 Å². The first-order valence-electron chi connectivity index (χ1n) is 10.4. The molecule has 0 aliphatic carbocycles. The predicted octanol–water partition coefficient (Wildman–Crippen LogP) is 7.15. The third kappa shape index (κ3) is 5.29. The Balaban J connectivity index is 0.00000272. The Morgan fingerprint density at radius 1 is 0.903 bits per heavy atom. The van der Waals surface area contributed by atoms with Crippen LogP contribution in [0.3, 0.4) is 0 Å². The second-order valence-corrected chi connectivity index (χ2v) is 7.34. The summed E-state index contributed by atoms with van der Waals surface area (Å²) in [7, 11) is 0. The van der Waals surface area contributed by atoms with Gasteiger partial charge in [0.25, 0.3) is 0 Å². The van der Waals surface area contributed by atoms with E-state index in [1.807, 2.05) is 55.5 Å². The summed E-state index contributed by atoms with van der Waals surface area (Å²) in [6.07, 6.45) is 0. The molecular formula is C27H26NO2Y-. The van der Waals surface area contributed by atoms with Gasteiger partial charge in [-0.2, -0.15) is 6.92 Å². The molecule has 0 N–H and O–H groups in total. The van der Waals surface area contributed by atoms with E-state index in [2.05, 4.69) is 50.2 Å². The predicted molar refractivity (Wildman–Crippen MR) is 121 cm³/mol. The first-order valence-corrected chi connectivity index (χ1v) is 10.4. The van der Waals surface area contributed by atoms with Crippen LogP contribution in [0.2, 0.25) is 0 Å². The Bertz CT molecular complexity index is 1040. The summed E-state index contributed by atoms with van der Waals surface area (Å²) in [4.78, 5) is 4.93. The van der Waals surface area contributed by atoms with E-state index in [1.165, 1.54) is 5.56 Å². The van der Waals surface area contributed by atoms with Gasteiger partial charge in [-0.25, -0.2) is 4.98 Å². The summed E-state index contributed by atoms with van der Waals surface area (Å²) in [5.74, 6) is 3.59. The molecule has 155 valence electrons. The normalized spacial score (nSPS) is 11.5. The zero-order valence-electron chi connectivity index (χ0n) is 18.2. The van der Waals surface area contributed by atoms with E-state index in [4.69, 9.17) is 14.1 Å². The molecule has 0 aliphatic rings. The van der Waals surface area contributed by atoms with Crippen LogP contribution in [0.25, 0.3) is 22.6 Å². The summed E-state index contributed by atoms with van der Waals surface area (Å²) in [6, 6.07) is 28.6. The zero-order chi connectivity index (χ0) is 20.9. The first kappa shape index (κ1) is 23.3. The number of benzene rings is 3. The van der Waals surface area contributed by atoms with Gasteiger partial charge in [-0.3, -0.25) is 5.92 Å². The molecule has 0 saturated heterocycles. The molecule has 3 nitrogen and oxygen atoms in total. The number of aromatic nitrogens is 1. The van der Waals surface area contributed by atoms with Crippen LogP contribution in [-0.4, -0.2) is 11.6 Å². The van der Waals surface area contributed by atoms with E-state index in [1.54, 1.807) is 0 Å². The van der Waals surface area contributed by atoms with Crippen LogP contribution in [-0.2, 0) is 32.7 Å². The minimum Gasteiger partial charge on any atom is -0.494 e. The van der Waals surface area contributed by atoms with Gasteiger partial charge in [0.15, 0.2) is 5.76 Å². The van der Waals surface area contributed by atoms with Gasteiger partial charge in [0.2, 0.25) is 0 Å². The van der Waals surface area contributed by atoms with Crippen LogP contribution in [0.1, 0.15) is 38.1 Å². The van der Waals surface area contributed by atoms with Crippen LogP contribution in [0, 0.1) is 5.92 Å². The van der Waals surface area contributed by atoms with Crippen LogP contribution < -0.4 is 4.74 Å². The zero-order valence-corrected chi connectivity index (χ0v) is 21.0. The van der Waals surface area contributed by atoms with E-state index < -0.39 is 0 Å². The molecule has 3 aromatic carbocycles. The van der Waals surface area contributed by atoms with Crippen LogP contribution in [0.5, 0.6) is 5.75 Å². The number of nitrogens with zero attached hydrogens (tertiary/aromatic N) is 1. The van der Waals surface area contributed by atoms with Gasteiger partial charge in [0, 0.05) is 43.8 Å². The molecule has 1 unspecified atom stereocenters. The SMILES string of the molecule is CCOc1cccc(C(C)[C-](C)c2nc(-c3ccccc3)c(-c3ccccc3)o2)c1.[Y]. The van der Waals surface area contributed by atoms with E-state index >= 15 is 0 Å². The molecule has 4 heteroatoms. The first-order chi connectivity index (χ1) is 14.7. The van der Waals surface area contributed by atoms with Crippen molar-refractivity contribution >= 4 is 0 Å². The summed E-state index contributed by atoms with van der Waals surface area (Å²) in [5.41, 5.74) is 4.12. The van der Waals surface area contributed by atoms with Crippen LogP contribution >= 0.6 is 0 Å². The van der Waals surface area contributed by atoms with Gasteiger partial charge in [-0.1, -0.05) is 85.3 Å². The number of oxazole rings is 1. The molecule has 0 bridgehead atoms. The number of ether oxygens (including phenoxy) is 1. The minimum absolute atomic E-state index is 0. The van der Waals surface area contributed by atoms with E-state index in [0.29, 0.717) is 12.5 Å². The molecule has 4 aromatic rings. The second kappa shape index (κ2) is 10.8. The minimum atomic E-state index is 0. The number of rotatable bonds is 7. The van der Waals surface area contributed by atoms with Crippen molar-refractivity contribution in [3.63, 3.8) is 0 Å². The van der Waals surface area contributed by atoms with Gasteiger partial charge in [0.05, 0.1) is 12.5 Å². The molecule has 1 heterocycles. The second-order valence-electron chi connectivity index (χ2n) is 7.34. The fraction of sp³-hybridized carbons (Fsp3) is 0.185. The molecule has 4 rings (SSSR count). The van der Waals surface area contributed by atoms with Crippen molar-refractivity contribution in [1.82, 2.24) is 4.98 Å². The molecule has 1 radical (unpaired) electrons. The maximum Gasteiger partial charge on any atom is 0.158 e. The van der Waals surface area contributed by atoms with Crippen molar-refractivity contribution in [2.24, 2.45) is 0 Å². The summed E-state index contributed by atoms with van der Waals surface area (Å²) < 4.78 is 12.0. The number of hydrogen-bond acceptors (Lipinski definition) is 3. The largest absolute Gasteiger partial charge is 0.494 e. The summed E-state index contributed by atoms with van der Waals surface area (Å²) >= 11 is 0. The molecule has 0 aliphatic heterocycles. The summed E-state index contributed by atoms with van der Waals surface area (Å²) in [6.45, 7) is 6.92. The average Bonchev–Trinajstić information content (AvgIpc) is 3.25. The molecule has 1 atom stereocenters. The number of hydrogen-bond donors (Lipinski definition) is 0. The maximum absolute atomic E-state index is 6.36. The quantitative estimate of drug-likeness (QED) is 0.261.